The molecule has 2 N–H and O–H groups in total. The molecule has 148 valence electrons. The Labute approximate surface area is 165 Å². The molecule has 7 nitrogen and oxygen atoms in total. The van der Waals surface area contributed by atoms with Crippen LogP contribution in [0.4, 0.5) is 4.79 Å². The molecule has 0 radical (unpaired) electrons. The largest absolute Gasteiger partial charge is 0.348 e. The molecule has 0 bridgehead atoms. The molecule has 1 saturated heterocycles. The third-order valence-electron chi connectivity index (χ3n) is 6.00. The Hall–Kier alpha value is -2.88. The van der Waals surface area contributed by atoms with Crippen LogP contribution in [0.1, 0.15) is 63.1 Å². The second-order valence-corrected chi connectivity index (χ2v) is 7.78. The Kier molecular flexibility index (Phi) is 5.68. The van der Waals surface area contributed by atoms with Gasteiger partial charge in [-0.1, -0.05) is 25.5 Å². The highest BCUT2D eigenvalue weighted by Crippen LogP contribution is 2.37. The first kappa shape index (κ1) is 19.9. The van der Waals surface area contributed by atoms with Crippen molar-refractivity contribution < 1.29 is 14.4 Å². The average Bonchev–Trinajstić information content (AvgIpc) is 2.92. The van der Waals surface area contributed by atoms with Gasteiger partial charge in [0, 0.05) is 0 Å². The molecular formula is C21H26N4O3. The van der Waals surface area contributed by atoms with Gasteiger partial charge in [-0.15, -0.1) is 0 Å². The summed E-state index contributed by atoms with van der Waals surface area (Å²) in [5.74, 6) is -0.0752. The van der Waals surface area contributed by atoms with Gasteiger partial charge in [-0.25, -0.2) is 4.79 Å². The summed E-state index contributed by atoms with van der Waals surface area (Å²) in [5.41, 5.74) is 0.561. The number of hydrogen-bond donors (Lipinski definition) is 2. The Balaban J connectivity index is 1.60. The summed E-state index contributed by atoms with van der Waals surface area (Å²) in [6.45, 7) is 3.67. The van der Waals surface area contributed by atoms with Gasteiger partial charge in [0.25, 0.3) is 5.91 Å². The average molecular weight is 382 g/mol. The zero-order chi connectivity index (χ0) is 20.3. The molecule has 2 fully saturated rings. The van der Waals surface area contributed by atoms with Crippen LogP contribution in [-0.4, -0.2) is 34.8 Å². The lowest BCUT2D eigenvalue weighted by atomic mass is 9.75. The summed E-state index contributed by atoms with van der Waals surface area (Å²) in [7, 11) is 0. The highest BCUT2D eigenvalue weighted by atomic mass is 16.2. The summed E-state index contributed by atoms with van der Waals surface area (Å²) in [6.07, 6.45) is 4.18. The van der Waals surface area contributed by atoms with Gasteiger partial charge >= 0.3 is 6.03 Å². The molecular weight excluding hydrogens is 356 g/mol. The number of carbonyl (C=O) groups is 3. The van der Waals surface area contributed by atoms with Gasteiger partial charge in [0.05, 0.1) is 17.7 Å². The Morgan fingerprint density at radius 3 is 2.54 bits per heavy atom. The van der Waals surface area contributed by atoms with E-state index in [1.54, 1.807) is 24.3 Å². The van der Waals surface area contributed by atoms with Crippen molar-refractivity contribution in [2.45, 2.75) is 57.5 Å². The van der Waals surface area contributed by atoms with E-state index in [-0.39, 0.29) is 24.4 Å². The molecule has 1 heterocycles. The third kappa shape index (κ3) is 3.86. The van der Waals surface area contributed by atoms with E-state index < -0.39 is 11.6 Å². The number of nitrogens with one attached hydrogen (secondary N) is 2. The summed E-state index contributed by atoms with van der Waals surface area (Å²) in [6, 6.07) is 8.19. The number of urea groups is 1. The van der Waals surface area contributed by atoms with Gasteiger partial charge in [0.15, 0.2) is 0 Å². The predicted octanol–water partition coefficient (Wildman–Crippen LogP) is 2.63. The van der Waals surface area contributed by atoms with Crippen LogP contribution in [0.5, 0.6) is 0 Å². The summed E-state index contributed by atoms with van der Waals surface area (Å²) < 4.78 is 0. The van der Waals surface area contributed by atoms with E-state index in [0.29, 0.717) is 24.3 Å². The van der Waals surface area contributed by atoms with Crippen molar-refractivity contribution in [1.82, 2.24) is 15.5 Å². The van der Waals surface area contributed by atoms with Gasteiger partial charge in [-0.3, -0.25) is 14.5 Å². The van der Waals surface area contributed by atoms with Crippen LogP contribution < -0.4 is 10.6 Å². The maximum Gasteiger partial charge on any atom is 0.325 e. The minimum atomic E-state index is -0.832. The van der Waals surface area contributed by atoms with Crippen molar-refractivity contribution in [2.75, 3.05) is 6.54 Å². The number of carbonyl (C=O) groups excluding carboxylic acids is 3. The highest BCUT2D eigenvalue weighted by molar-refractivity contribution is 6.09. The van der Waals surface area contributed by atoms with E-state index in [9.17, 15) is 14.4 Å². The predicted molar refractivity (Wildman–Crippen MR) is 103 cm³/mol. The fourth-order valence-corrected chi connectivity index (χ4v) is 4.10. The Morgan fingerprint density at radius 2 is 1.96 bits per heavy atom. The molecule has 3 rings (SSSR count). The van der Waals surface area contributed by atoms with Gasteiger partial charge < -0.3 is 10.6 Å². The molecule has 1 saturated carbocycles. The van der Waals surface area contributed by atoms with Crippen LogP contribution in [0.2, 0.25) is 0 Å². The zero-order valence-corrected chi connectivity index (χ0v) is 16.3. The second kappa shape index (κ2) is 8.01. The summed E-state index contributed by atoms with van der Waals surface area (Å²) in [5, 5.41) is 14.5. The maximum absolute atomic E-state index is 12.9. The van der Waals surface area contributed by atoms with E-state index in [1.165, 1.54) is 0 Å². The number of rotatable bonds is 5. The normalized spacial score (nSPS) is 25.3. The van der Waals surface area contributed by atoms with Gasteiger partial charge in [0.2, 0.25) is 5.91 Å². The lowest BCUT2D eigenvalue weighted by molar-refractivity contribution is -0.136. The minimum absolute atomic E-state index is 0.284. The first-order valence-corrected chi connectivity index (χ1v) is 9.82. The fourth-order valence-electron chi connectivity index (χ4n) is 4.10. The molecule has 1 aromatic carbocycles. The number of nitriles is 1. The molecule has 4 amide bonds. The topological polar surface area (TPSA) is 102 Å². The number of imide groups is 1. The van der Waals surface area contributed by atoms with Gasteiger partial charge in [-0.2, -0.15) is 5.26 Å². The van der Waals surface area contributed by atoms with Crippen molar-refractivity contribution in [3.05, 3.63) is 35.4 Å². The summed E-state index contributed by atoms with van der Waals surface area (Å²) >= 11 is 0. The van der Waals surface area contributed by atoms with E-state index in [1.807, 2.05) is 6.92 Å². The molecule has 28 heavy (non-hydrogen) atoms. The molecule has 1 aromatic rings. The fraction of sp³-hybridized carbons (Fsp3) is 0.524. The lowest BCUT2D eigenvalue weighted by Crippen LogP contribution is -2.50. The molecule has 1 unspecified atom stereocenters. The number of nitrogens with zero attached hydrogens (tertiary/aromatic N) is 2. The van der Waals surface area contributed by atoms with Crippen LogP contribution in [0.25, 0.3) is 0 Å². The van der Waals surface area contributed by atoms with Crippen LogP contribution in [0.15, 0.2) is 24.3 Å². The molecule has 1 aliphatic heterocycles. The van der Waals surface area contributed by atoms with Crippen molar-refractivity contribution in [1.29, 1.82) is 5.26 Å². The van der Waals surface area contributed by atoms with E-state index >= 15 is 0 Å². The molecule has 2 aliphatic rings. The first-order valence-electron chi connectivity index (χ1n) is 9.82. The van der Waals surface area contributed by atoms with Gasteiger partial charge in [0.1, 0.15) is 12.1 Å². The van der Waals surface area contributed by atoms with Crippen molar-refractivity contribution in [3.63, 3.8) is 0 Å². The monoisotopic (exact) mass is 382 g/mol. The Bertz CT molecular complexity index is 804. The molecule has 1 aliphatic carbocycles. The van der Waals surface area contributed by atoms with Crippen molar-refractivity contribution in [3.8, 4) is 6.07 Å². The number of benzene rings is 1. The van der Waals surface area contributed by atoms with E-state index in [2.05, 4.69) is 23.6 Å². The SMILES string of the molecule is CCC1CCC2(CC1)NC(=O)N(CC(=O)NC(C)c1ccc(C#N)cc1)C2=O. The molecule has 1 atom stereocenters. The zero-order valence-electron chi connectivity index (χ0n) is 16.3. The van der Waals surface area contributed by atoms with E-state index in [4.69, 9.17) is 5.26 Å². The minimum Gasteiger partial charge on any atom is -0.348 e. The maximum atomic E-state index is 12.9. The summed E-state index contributed by atoms with van der Waals surface area (Å²) in [4.78, 5) is 38.7. The Morgan fingerprint density at radius 1 is 1.32 bits per heavy atom. The smallest absolute Gasteiger partial charge is 0.325 e. The quantitative estimate of drug-likeness (QED) is 0.764. The highest BCUT2D eigenvalue weighted by Gasteiger charge is 2.52. The molecule has 0 aromatic heterocycles. The van der Waals surface area contributed by atoms with Crippen molar-refractivity contribution in [2.24, 2.45) is 5.92 Å². The van der Waals surface area contributed by atoms with Crippen molar-refractivity contribution >= 4 is 17.8 Å². The van der Waals surface area contributed by atoms with Crippen LogP contribution >= 0.6 is 0 Å². The van der Waals surface area contributed by atoms with Crippen LogP contribution in [0.3, 0.4) is 0 Å². The molecule has 1 spiro atoms. The first-order chi connectivity index (χ1) is 13.4. The van der Waals surface area contributed by atoms with Crippen LogP contribution in [0, 0.1) is 17.2 Å². The van der Waals surface area contributed by atoms with Crippen LogP contribution in [-0.2, 0) is 9.59 Å². The van der Waals surface area contributed by atoms with E-state index in [0.717, 1.165) is 29.7 Å². The standard InChI is InChI=1S/C21H26N4O3/c1-3-15-8-10-21(11-9-15)19(27)25(20(28)24-21)13-18(26)23-14(2)17-6-4-16(12-22)5-7-17/h4-7,14-15H,3,8-11,13H2,1-2H3,(H,23,26)(H,24,28). The molecule has 7 heteroatoms. The second-order valence-electron chi connectivity index (χ2n) is 7.78. The number of hydrogen-bond acceptors (Lipinski definition) is 4. The third-order valence-corrected chi connectivity index (χ3v) is 6.00. The number of amides is 4. The lowest BCUT2D eigenvalue weighted by Gasteiger charge is -2.34. The van der Waals surface area contributed by atoms with Gasteiger partial charge in [-0.05, 0) is 56.2 Å².